The van der Waals surface area contributed by atoms with E-state index in [1.807, 2.05) is 31.2 Å². The van der Waals surface area contributed by atoms with Crippen LogP contribution in [0.4, 0.5) is 5.69 Å². The van der Waals surface area contributed by atoms with E-state index in [-0.39, 0.29) is 29.5 Å². The van der Waals surface area contributed by atoms with Crippen LogP contribution < -0.4 is 15.4 Å². The van der Waals surface area contributed by atoms with Crippen LogP contribution in [0.15, 0.2) is 48.5 Å². The Morgan fingerprint density at radius 3 is 2.78 bits per heavy atom. The number of carbonyl (C=O) groups is 2. The number of anilines is 1. The fourth-order valence-corrected chi connectivity index (χ4v) is 3.87. The molecule has 2 aromatic carbocycles. The first-order valence-electron chi connectivity index (χ1n) is 10.4. The van der Waals surface area contributed by atoms with Gasteiger partial charge < -0.3 is 20.1 Å². The van der Waals surface area contributed by atoms with E-state index in [1.165, 1.54) is 0 Å². The molecular formula is C23H24N4O4S. The average Bonchev–Trinajstić information content (AvgIpc) is 3.49. The van der Waals surface area contributed by atoms with Gasteiger partial charge in [-0.2, -0.15) is 0 Å². The third kappa shape index (κ3) is 5.89. The van der Waals surface area contributed by atoms with E-state index in [2.05, 4.69) is 20.8 Å². The van der Waals surface area contributed by atoms with Gasteiger partial charge in [-0.05, 0) is 50.1 Å². The minimum Gasteiger partial charge on any atom is -0.486 e. The molecule has 2 N–H and O–H groups in total. The average molecular weight is 453 g/mol. The maximum Gasteiger partial charge on any atom is 0.286 e. The van der Waals surface area contributed by atoms with Gasteiger partial charge in [-0.3, -0.25) is 9.59 Å². The summed E-state index contributed by atoms with van der Waals surface area (Å²) in [5.74, 6) is 0.135. The molecule has 1 saturated heterocycles. The van der Waals surface area contributed by atoms with Gasteiger partial charge in [-0.15, -0.1) is 10.2 Å². The van der Waals surface area contributed by atoms with Crippen LogP contribution in [0.5, 0.6) is 5.75 Å². The van der Waals surface area contributed by atoms with Crippen molar-refractivity contribution in [1.82, 2.24) is 15.5 Å². The number of hydrogen-bond donors (Lipinski definition) is 2. The maximum atomic E-state index is 12.6. The van der Waals surface area contributed by atoms with Crippen molar-refractivity contribution in [2.45, 2.75) is 32.5 Å². The molecule has 0 bridgehead atoms. The lowest BCUT2D eigenvalue weighted by Crippen LogP contribution is -2.31. The number of ether oxygens (including phenoxy) is 2. The number of carbonyl (C=O) groups excluding carboxylic acids is 2. The summed E-state index contributed by atoms with van der Waals surface area (Å²) in [5.41, 5.74) is 2.12. The summed E-state index contributed by atoms with van der Waals surface area (Å²) in [6.07, 6.45) is 2.05. The molecule has 2 amide bonds. The van der Waals surface area contributed by atoms with Crippen molar-refractivity contribution >= 4 is 28.8 Å². The zero-order valence-corrected chi connectivity index (χ0v) is 18.5. The molecule has 1 aromatic heterocycles. The fourth-order valence-electron chi connectivity index (χ4n) is 3.22. The molecule has 0 aliphatic carbocycles. The van der Waals surface area contributed by atoms with E-state index in [4.69, 9.17) is 9.47 Å². The third-order valence-electron chi connectivity index (χ3n) is 4.94. The van der Waals surface area contributed by atoms with Crippen LogP contribution in [0.2, 0.25) is 0 Å². The van der Waals surface area contributed by atoms with Crippen molar-refractivity contribution in [1.29, 1.82) is 0 Å². The van der Waals surface area contributed by atoms with Gasteiger partial charge >= 0.3 is 0 Å². The highest BCUT2D eigenvalue weighted by atomic mass is 32.1. The molecule has 8 nitrogen and oxygen atoms in total. The largest absolute Gasteiger partial charge is 0.486 e. The summed E-state index contributed by atoms with van der Waals surface area (Å²) >= 11 is 1.16. The molecule has 2 heterocycles. The summed E-state index contributed by atoms with van der Waals surface area (Å²) in [5, 5.41) is 14.4. The molecule has 0 unspecified atom stereocenters. The van der Waals surface area contributed by atoms with Crippen molar-refractivity contribution in [3.05, 3.63) is 69.7 Å². The molecular weight excluding hydrogens is 428 g/mol. The highest BCUT2D eigenvalue weighted by Crippen LogP contribution is 2.18. The van der Waals surface area contributed by atoms with E-state index in [0.717, 1.165) is 42.1 Å². The van der Waals surface area contributed by atoms with Crippen LogP contribution in [0.3, 0.4) is 0 Å². The normalized spacial score (nSPS) is 15.3. The summed E-state index contributed by atoms with van der Waals surface area (Å²) in [4.78, 5) is 25.0. The molecule has 1 aliphatic rings. The van der Waals surface area contributed by atoms with Crippen molar-refractivity contribution in [3.63, 3.8) is 0 Å². The molecule has 166 valence electrons. The minimum atomic E-state index is -0.388. The third-order valence-corrected chi connectivity index (χ3v) is 5.84. The number of nitrogens with zero attached hydrogens (tertiary/aromatic N) is 2. The second-order valence-corrected chi connectivity index (χ2v) is 8.54. The quantitative estimate of drug-likeness (QED) is 0.542. The highest BCUT2D eigenvalue weighted by Gasteiger charge is 2.18. The summed E-state index contributed by atoms with van der Waals surface area (Å²) < 4.78 is 11.2. The van der Waals surface area contributed by atoms with E-state index >= 15 is 0 Å². The van der Waals surface area contributed by atoms with Crippen LogP contribution in [0.1, 0.15) is 43.6 Å². The number of amides is 2. The smallest absolute Gasteiger partial charge is 0.286 e. The van der Waals surface area contributed by atoms with Crippen molar-refractivity contribution in [2.24, 2.45) is 0 Å². The molecule has 4 rings (SSSR count). The SMILES string of the molecule is Cc1ccc(OCc2nnc(C(=O)Nc3cccc(C(=O)NC[C@H]4CCCO4)c3)s2)cc1. The zero-order chi connectivity index (χ0) is 22.3. The first-order chi connectivity index (χ1) is 15.6. The van der Waals surface area contributed by atoms with Crippen LogP contribution in [0, 0.1) is 6.92 Å². The van der Waals surface area contributed by atoms with Crippen LogP contribution >= 0.6 is 11.3 Å². The van der Waals surface area contributed by atoms with Gasteiger partial charge in [0.2, 0.25) is 5.01 Å². The Hall–Kier alpha value is -3.30. The first-order valence-corrected chi connectivity index (χ1v) is 11.2. The number of nitrogens with one attached hydrogen (secondary N) is 2. The van der Waals surface area contributed by atoms with Crippen LogP contribution in [-0.2, 0) is 11.3 Å². The van der Waals surface area contributed by atoms with Crippen molar-refractivity contribution in [3.8, 4) is 5.75 Å². The monoisotopic (exact) mass is 452 g/mol. The molecule has 0 spiro atoms. The Balaban J connectivity index is 1.31. The van der Waals surface area contributed by atoms with Crippen molar-refractivity contribution in [2.75, 3.05) is 18.5 Å². The lowest BCUT2D eigenvalue weighted by atomic mass is 10.1. The number of benzene rings is 2. The Kier molecular flexibility index (Phi) is 7.08. The maximum absolute atomic E-state index is 12.6. The van der Waals surface area contributed by atoms with E-state index < -0.39 is 0 Å². The second-order valence-electron chi connectivity index (χ2n) is 7.48. The van der Waals surface area contributed by atoms with E-state index in [0.29, 0.717) is 22.8 Å². The molecule has 3 aromatic rings. The Morgan fingerprint density at radius 2 is 2.00 bits per heavy atom. The first kappa shape index (κ1) is 21.9. The molecule has 1 aliphatic heterocycles. The molecule has 1 fully saturated rings. The minimum absolute atomic E-state index is 0.0726. The van der Waals surface area contributed by atoms with Gasteiger partial charge in [0.05, 0.1) is 6.10 Å². The molecule has 9 heteroatoms. The van der Waals surface area contributed by atoms with E-state index in [1.54, 1.807) is 24.3 Å². The molecule has 1 atom stereocenters. The van der Waals surface area contributed by atoms with Crippen molar-refractivity contribution < 1.29 is 19.1 Å². The molecule has 0 saturated carbocycles. The number of hydrogen-bond acceptors (Lipinski definition) is 7. The fraction of sp³-hybridized carbons (Fsp3) is 0.304. The number of aryl methyl sites for hydroxylation is 1. The Labute approximate surface area is 190 Å². The van der Waals surface area contributed by atoms with Gasteiger partial charge in [0, 0.05) is 24.4 Å². The lowest BCUT2D eigenvalue weighted by molar-refractivity contribution is 0.0857. The van der Waals surface area contributed by atoms with E-state index in [9.17, 15) is 9.59 Å². The zero-order valence-electron chi connectivity index (χ0n) is 17.7. The summed E-state index contributed by atoms with van der Waals surface area (Å²) in [6, 6.07) is 14.5. The van der Waals surface area contributed by atoms with Crippen LogP contribution in [-0.4, -0.2) is 41.3 Å². The predicted molar refractivity (Wildman–Crippen MR) is 121 cm³/mol. The summed E-state index contributed by atoms with van der Waals surface area (Å²) in [7, 11) is 0. The van der Waals surface area contributed by atoms with Gasteiger partial charge in [0.25, 0.3) is 11.8 Å². The Morgan fingerprint density at radius 1 is 1.16 bits per heavy atom. The van der Waals surface area contributed by atoms with Gasteiger partial charge in [0.1, 0.15) is 12.4 Å². The van der Waals surface area contributed by atoms with Gasteiger partial charge in [-0.1, -0.05) is 35.1 Å². The highest BCUT2D eigenvalue weighted by molar-refractivity contribution is 7.13. The topological polar surface area (TPSA) is 102 Å². The number of rotatable bonds is 8. The molecule has 0 radical (unpaired) electrons. The molecule has 32 heavy (non-hydrogen) atoms. The Bertz CT molecular complexity index is 1080. The van der Waals surface area contributed by atoms with Gasteiger partial charge in [0.15, 0.2) is 5.01 Å². The van der Waals surface area contributed by atoms with Gasteiger partial charge in [-0.25, -0.2) is 0 Å². The van der Waals surface area contributed by atoms with Crippen LogP contribution in [0.25, 0.3) is 0 Å². The lowest BCUT2D eigenvalue weighted by Gasteiger charge is -2.11. The summed E-state index contributed by atoms with van der Waals surface area (Å²) in [6.45, 7) is 3.46. The number of aromatic nitrogens is 2. The predicted octanol–water partition coefficient (Wildman–Crippen LogP) is 3.59. The second kappa shape index (κ2) is 10.3. The standard InChI is InChI=1S/C23H24N4O4S/c1-15-7-9-18(10-8-15)31-14-20-26-27-23(32-20)22(29)25-17-5-2-4-16(12-17)21(28)24-13-19-6-3-11-30-19/h2,4-5,7-10,12,19H,3,6,11,13-14H2,1H3,(H,24,28)(H,25,29)/t19-/m1/s1.